The highest BCUT2D eigenvalue weighted by atomic mass is 32.1. The lowest BCUT2D eigenvalue weighted by molar-refractivity contribution is 1.00. The number of thiophene rings is 1. The number of aryl methyl sites for hydroxylation is 1. The van der Waals surface area contributed by atoms with Crippen LogP contribution in [0.1, 0.15) is 10.4 Å². The molecule has 6 heteroatoms. The van der Waals surface area contributed by atoms with Gasteiger partial charge in [0.15, 0.2) is 0 Å². The molecule has 0 aliphatic carbocycles. The third kappa shape index (κ3) is 2.70. The number of nitrogens with zero attached hydrogens (tertiary/aromatic N) is 3. The van der Waals surface area contributed by atoms with Gasteiger partial charge in [0.25, 0.3) is 0 Å². The number of aromatic nitrogens is 3. The van der Waals surface area contributed by atoms with E-state index < -0.39 is 0 Å². The fourth-order valence-corrected chi connectivity index (χ4v) is 2.95. The first-order chi connectivity index (χ1) is 9.72. The number of rotatable bonds is 4. The number of hydrogen-bond acceptors (Lipinski definition) is 6. The SMILES string of the molecule is Cc1cc2c(NCCc3ccncc3)nc(N)nc2s1. The molecule has 0 atom stereocenters. The largest absolute Gasteiger partial charge is 0.369 e. The number of nitrogens with two attached hydrogens (primary N) is 1. The Labute approximate surface area is 120 Å². The third-order valence-corrected chi connectivity index (χ3v) is 3.93. The Balaban J connectivity index is 1.77. The minimum atomic E-state index is 0.311. The van der Waals surface area contributed by atoms with Gasteiger partial charge in [0.2, 0.25) is 5.95 Å². The lowest BCUT2D eigenvalue weighted by atomic mass is 10.2. The molecule has 20 heavy (non-hydrogen) atoms. The van der Waals surface area contributed by atoms with Gasteiger partial charge in [-0.2, -0.15) is 4.98 Å². The van der Waals surface area contributed by atoms with Gasteiger partial charge < -0.3 is 11.1 Å². The van der Waals surface area contributed by atoms with Gasteiger partial charge in [-0.25, -0.2) is 4.98 Å². The molecule has 0 radical (unpaired) electrons. The van der Waals surface area contributed by atoms with E-state index in [0.717, 1.165) is 29.0 Å². The van der Waals surface area contributed by atoms with Crippen LogP contribution in [0.15, 0.2) is 30.6 Å². The number of nitrogen functional groups attached to an aromatic ring is 1. The van der Waals surface area contributed by atoms with Crippen LogP contribution < -0.4 is 11.1 Å². The summed E-state index contributed by atoms with van der Waals surface area (Å²) in [6.45, 7) is 2.85. The van der Waals surface area contributed by atoms with Crippen LogP contribution in [-0.4, -0.2) is 21.5 Å². The quantitative estimate of drug-likeness (QED) is 0.770. The van der Waals surface area contributed by atoms with Crippen LogP contribution in [0.25, 0.3) is 10.2 Å². The average Bonchev–Trinajstić information content (AvgIpc) is 2.80. The van der Waals surface area contributed by atoms with E-state index in [-0.39, 0.29) is 0 Å². The van der Waals surface area contributed by atoms with E-state index >= 15 is 0 Å². The first-order valence-electron chi connectivity index (χ1n) is 6.39. The van der Waals surface area contributed by atoms with Gasteiger partial charge >= 0.3 is 0 Å². The molecule has 3 rings (SSSR count). The molecule has 0 saturated carbocycles. The summed E-state index contributed by atoms with van der Waals surface area (Å²) in [5.41, 5.74) is 7.00. The van der Waals surface area contributed by atoms with Crippen molar-refractivity contribution in [2.24, 2.45) is 0 Å². The van der Waals surface area contributed by atoms with Gasteiger partial charge in [-0.1, -0.05) is 0 Å². The predicted octanol–water partition coefficient (Wildman–Crippen LogP) is 2.63. The zero-order valence-corrected chi connectivity index (χ0v) is 11.9. The van der Waals surface area contributed by atoms with Gasteiger partial charge in [0, 0.05) is 23.8 Å². The second-order valence-electron chi connectivity index (χ2n) is 4.54. The van der Waals surface area contributed by atoms with Crippen LogP contribution in [0.2, 0.25) is 0 Å². The molecular formula is C14H15N5S. The van der Waals surface area contributed by atoms with Gasteiger partial charge in [-0.15, -0.1) is 11.3 Å². The highest BCUT2D eigenvalue weighted by Crippen LogP contribution is 2.28. The first kappa shape index (κ1) is 12.8. The number of hydrogen-bond donors (Lipinski definition) is 2. The maximum atomic E-state index is 5.75. The van der Waals surface area contributed by atoms with Crippen molar-refractivity contribution in [1.29, 1.82) is 0 Å². The molecule has 0 amide bonds. The van der Waals surface area contributed by atoms with Gasteiger partial charge in [0.05, 0.1) is 5.39 Å². The molecule has 3 heterocycles. The Morgan fingerprint density at radius 2 is 2.05 bits per heavy atom. The second kappa shape index (κ2) is 5.42. The molecule has 0 spiro atoms. The zero-order valence-electron chi connectivity index (χ0n) is 11.1. The van der Waals surface area contributed by atoms with Crippen LogP contribution in [0.5, 0.6) is 0 Å². The molecule has 3 aromatic heterocycles. The van der Waals surface area contributed by atoms with E-state index in [9.17, 15) is 0 Å². The van der Waals surface area contributed by atoms with Crippen molar-refractivity contribution in [3.63, 3.8) is 0 Å². The van der Waals surface area contributed by atoms with E-state index in [0.29, 0.717) is 5.95 Å². The van der Waals surface area contributed by atoms with Crippen LogP contribution in [0.3, 0.4) is 0 Å². The van der Waals surface area contributed by atoms with Crippen molar-refractivity contribution in [3.8, 4) is 0 Å². The van der Waals surface area contributed by atoms with Crippen LogP contribution in [0.4, 0.5) is 11.8 Å². The molecule has 3 N–H and O–H groups in total. The van der Waals surface area contributed by atoms with Crippen molar-refractivity contribution in [1.82, 2.24) is 15.0 Å². The summed E-state index contributed by atoms with van der Waals surface area (Å²) in [4.78, 5) is 14.7. The fraction of sp³-hybridized carbons (Fsp3) is 0.214. The highest BCUT2D eigenvalue weighted by molar-refractivity contribution is 7.18. The highest BCUT2D eigenvalue weighted by Gasteiger charge is 2.08. The summed E-state index contributed by atoms with van der Waals surface area (Å²) < 4.78 is 0. The molecule has 0 fully saturated rings. The number of pyridine rings is 1. The summed E-state index contributed by atoms with van der Waals surface area (Å²) in [5.74, 6) is 1.12. The zero-order chi connectivity index (χ0) is 13.9. The summed E-state index contributed by atoms with van der Waals surface area (Å²) in [7, 11) is 0. The van der Waals surface area contributed by atoms with Crippen molar-refractivity contribution in [2.75, 3.05) is 17.6 Å². The molecule has 0 saturated heterocycles. The minimum Gasteiger partial charge on any atom is -0.369 e. The first-order valence-corrected chi connectivity index (χ1v) is 7.20. The molecule has 0 aromatic carbocycles. The summed E-state index contributed by atoms with van der Waals surface area (Å²) in [6, 6.07) is 6.12. The Morgan fingerprint density at radius 3 is 2.85 bits per heavy atom. The maximum Gasteiger partial charge on any atom is 0.223 e. The Hall–Kier alpha value is -2.21. The lowest BCUT2D eigenvalue weighted by Gasteiger charge is -2.07. The third-order valence-electron chi connectivity index (χ3n) is 2.99. The molecule has 0 unspecified atom stereocenters. The number of anilines is 2. The van der Waals surface area contributed by atoms with Crippen LogP contribution in [-0.2, 0) is 6.42 Å². The van der Waals surface area contributed by atoms with Gasteiger partial charge in [0.1, 0.15) is 10.6 Å². The monoisotopic (exact) mass is 285 g/mol. The second-order valence-corrected chi connectivity index (χ2v) is 5.77. The molecule has 0 bridgehead atoms. The summed E-state index contributed by atoms with van der Waals surface area (Å²) in [6.07, 6.45) is 4.52. The smallest absolute Gasteiger partial charge is 0.223 e. The van der Waals surface area contributed by atoms with Crippen molar-refractivity contribution >= 4 is 33.3 Å². The number of fused-ring (bicyclic) bond motifs is 1. The van der Waals surface area contributed by atoms with E-state index in [1.165, 1.54) is 10.4 Å². The molecule has 0 aliphatic heterocycles. The standard InChI is InChI=1S/C14H15N5S/c1-9-8-11-12(18-14(15)19-13(11)20-9)17-7-4-10-2-5-16-6-3-10/h2-3,5-6,8H,4,7H2,1H3,(H3,15,17,18,19). The van der Waals surface area contributed by atoms with Crippen molar-refractivity contribution in [3.05, 3.63) is 41.0 Å². The van der Waals surface area contributed by atoms with Crippen LogP contribution in [0, 0.1) is 6.92 Å². The fourth-order valence-electron chi connectivity index (χ4n) is 2.07. The Kier molecular flexibility index (Phi) is 3.47. The normalized spacial score (nSPS) is 10.8. The van der Waals surface area contributed by atoms with E-state index in [4.69, 9.17) is 5.73 Å². The number of nitrogens with one attached hydrogen (secondary N) is 1. The molecular weight excluding hydrogens is 270 g/mol. The van der Waals surface area contributed by atoms with Crippen molar-refractivity contribution in [2.45, 2.75) is 13.3 Å². The Bertz CT molecular complexity index is 723. The maximum absolute atomic E-state index is 5.75. The molecule has 0 aliphatic rings. The molecule has 102 valence electrons. The minimum absolute atomic E-state index is 0.311. The van der Waals surface area contributed by atoms with E-state index in [1.807, 2.05) is 12.1 Å². The summed E-state index contributed by atoms with van der Waals surface area (Å²) >= 11 is 1.63. The lowest BCUT2D eigenvalue weighted by Crippen LogP contribution is -2.08. The van der Waals surface area contributed by atoms with Crippen LogP contribution >= 0.6 is 11.3 Å². The predicted molar refractivity (Wildman–Crippen MR) is 83.0 cm³/mol. The average molecular weight is 285 g/mol. The van der Waals surface area contributed by atoms with Gasteiger partial charge in [-0.3, -0.25) is 4.98 Å². The molecule has 5 nitrogen and oxygen atoms in total. The topological polar surface area (TPSA) is 76.7 Å². The van der Waals surface area contributed by atoms with E-state index in [2.05, 4.69) is 33.3 Å². The van der Waals surface area contributed by atoms with Gasteiger partial charge in [-0.05, 0) is 37.1 Å². The van der Waals surface area contributed by atoms with Crippen molar-refractivity contribution < 1.29 is 0 Å². The molecule has 3 aromatic rings. The Morgan fingerprint density at radius 1 is 1.25 bits per heavy atom. The van der Waals surface area contributed by atoms with E-state index in [1.54, 1.807) is 23.7 Å². The summed E-state index contributed by atoms with van der Waals surface area (Å²) in [5, 5.41) is 4.38.